The predicted molar refractivity (Wildman–Crippen MR) is 163 cm³/mol. The molecule has 0 fully saturated rings. The zero-order valence-corrected chi connectivity index (χ0v) is 25.2. The van der Waals surface area contributed by atoms with E-state index in [1.54, 1.807) is 23.7 Å². The van der Waals surface area contributed by atoms with Crippen molar-refractivity contribution < 1.29 is 22.8 Å². The molecule has 0 N–H and O–H groups in total. The molecule has 195 valence electrons. The molecule has 0 saturated carbocycles. The molecule has 0 spiro atoms. The van der Waals surface area contributed by atoms with Crippen LogP contribution in [0.2, 0.25) is 0 Å². The molecule has 3 aromatic heterocycles. The fourth-order valence-electron chi connectivity index (χ4n) is 4.80. The van der Waals surface area contributed by atoms with Crippen LogP contribution in [0.3, 0.4) is 0 Å². The van der Waals surface area contributed by atoms with Gasteiger partial charge in [0.25, 0.3) is 0 Å². The summed E-state index contributed by atoms with van der Waals surface area (Å²) in [7, 11) is 0. The average molecular weight is 703 g/mol. The molecule has 4 aromatic carbocycles. The Morgan fingerprint density at radius 3 is 2.44 bits per heavy atom. The van der Waals surface area contributed by atoms with E-state index in [0.29, 0.717) is 5.56 Å². The van der Waals surface area contributed by atoms with E-state index in [2.05, 4.69) is 51.7 Å². The number of fused-ring (bicyclic) bond motifs is 7. The number of thiophene rings is 1. The van der Waals surface area contributed by atoms with Gasteiger partial charge in [0.05, 0.1) is 0 Å². The molecule has 0 aliphatic heterocycles. The van der Waals surface area contributed by atoms with Crippen LogP contribution in [0, 0.1) is 17.5 Å². The van der Waals surface area contributed by atoms with E-state index >= 15 is 0 Å². The molecule has 7 aromatic rings. The Bertz CT molecular complexity index is 1930. The molecule has 0 atom stereocenters. The number of nitrogens with zero attached hydrogens (tertiary/aromatic N) is 2. The van der Waals surface area contributed by atoms with Gasteiger partial charge in [0.2, 0.25) is 0 Å². The fraction of sp³-hybridized carbons (Fsp3) is 0.143. The van der Waals surface area contributed by atoms with Gasteiger partial charge < -0.3 is 9.97 Å². The molecule has 4 heteroatoms. The van der Waals surface area contributed by atoms with Crippen molar-refractivity contribution in [2.75, 3.05) is 0 Å². The molecule has 0 amide bonds. The van der Waals surface area contributed by atoms with Gasteiger partial charge in [-0.1, -0.05) is 43.7 Å². The first kappa shape index (κ1) is 24.6. The van der Waals surface area contributed by atoms with Crippen molar-refractivity contribution in [1.29, 1.82) is 0 Å². The minimum Gasteiger partial charge on any atom is -0.305 e. The van der Waals surface area contributed by atoms with Gasteiger partial charge in [0.1, 0.15) is 0 Å². The summed E-state index contributed by atoms with van der Waals surface area (Å²) >= 11 is 1.73. The predicted octanol–water partition coefficient (Wildman–Crippen LogP) is 9.69. The Balaban J connectivity index is 0.000000218. The minimum atomic E-state index is -1.51. The molecule has 0 saturated heterocycles. The van der Waals surface area contributed by atoms with Crippen molar-refractivity contribution in [1.82, 2.24) is 9.97 Å². The monoisotopic (exact) mass is 703 g/mol. The first-order valence-corrected chi connectivity index (χ1v) is 13.5. The van der Waals surface area contributed by atoms with Gasteiger partial charge in [-0.05, 0) is 80.4 Å². The molecule has 0 bridgehead atoms. The van der Waals surface area contributed by atoms with Crippen LogP contribution in [0.15, 0.2) is 103 Å². The number of hydrogen-bond acceptors (Lipinski definition) is 3. The summed E-state index contributed by atoms with van der Waals surface area (Å²) < 4.78 is 19.1. The first-order chi connectivity index (χ1) is 19.3. The molecule has 2 nitrogen and oxygen atoms in total. The van der Waals surface area contributed by atoms with E-state index in [9.17, 15) is 0 Å². The third-order valence-corrected chi connectivity index (χ3v) is 7.24. The van der Waals surface area contributed by atoms with Crippen LogP contribution in [0.1, 0.15) is 29.1 Å². The SMILES string of the molecule is [2H]C([2H])(c1ccnc2c3[c-]cccc3c3cc4sccc4cc3c12)C(C)(C)C.[Ir].[c-]1ccccc1-c1ccccn1. The van der Waals surface area contributed by atoms with E-state index in [1.165, 1.54) is 10.1 Å². The maximum absolute atomic E-state index is 8.95. The second kappa shape index (κ2) is 11.4. The van der Waals surface area contributed by atoms with Gasteiger partial charge in [-0.25, -0.2) is 0 Å². The molecule has 1 radical (unpaired) electrons. The summed E-state index contributed by atoms with van der Waals surface area (Å²) in [6, 6.07) is 34.6. The summed E-state index contributed by atoms with van der Waals surface area (Å²) in [6.07, 6.45) is 2.01. The van der Waals surface area contributed by atoms with Crippen LogP contribution in [0.4, 0.5) is 0 Å². The summed E-state index contributed by atoms with van der Waals surface area (Å²) in [5.41, 5.74) is 2.98. The van der Waals surface area contributed by atoms with Crippen molar-refractivity contribution in [2.24, 2.45) is 5.41 Å². The maximum atomic E-state index is 8.95. The Kier molecular flexibility index (Phi) is 7.16. The Hall–Kier alpha value is -3.43. The number of benzene rings is 4. The summed E-state index contributed by atoms with van der Waals surface area (Å²) in [5, 5.41) is 8.45. The van der Waals surface area contributed by atoms with Crippen molar-refractivity contribution >= 4 is 53.9 Å². The molecule has 0 unspecified atom stereocenters. The van der Waals surface area contributed by atoms with Crippen molar-refractivity contribution in [3.05, 3.63) is 120 Å². The molecule has 0 aliphatic carbocycles. The molecule has 7 rings (SSSR count). The van der Waals surface area contributed by atoms with E-state index in [1.807, 2.05) is 81.4 Å². The second-order valence-corrected chi connectivity index (χ2v) is 11.2. The van der Waals surface area contributed by atoms with Crippen molar-refractivity contribution in [2.45, 2.75) is 27.1 Å². The van der Waals surface area contributed by atoms with Crippen LogP contribution in [-0.4, -0.2) is 9.97 Å². The number of pyridine rings is 2. The van der Waals surface area contributed by atoms with Gasteiger partial charge in [-0.3, -0.25) is 0 Å². The van der Waals surface area contributed by atoms with Crippen LogP contribution in [-0.2, 0) is 26.5 Å². The van der Waals surface area contributed by atoms with E-state index < -0.39 is 11.8 Å². The smallest absolute Gasteiger partial charge is 0.0341 e. The molecule has 3 heterocycles. The Morgan fingerprint density at radius 2 is 1.67 bits per heavy atom. The van der Waals surface area contributed by atoms with Crippen LogP contribution in [0.25, 0.3) is 53.8 Å². The van der Waals surface area contributed by atoms with E-state index in [-0.39, 0.29) is 20.1 Å². The average Bonchev–Trinajstić information content (AvgIpc) is 3.44. The van der Waals surface area contributed by atoms with Crippen molar-refractivity contribution in [3.63, 3.8) is 0 Å². The third-order valence-electron chi connectivity index (χ3n) is 6.36. The van der Waals surface area contributed by atoms with E-state index in [4.69, 9.17) is 2.74 Å². The summed E-state index contributed by atoms with van der Waals surface area (Å²) in [4.78, 5) is 8.91. The normalized spacial score (nSPS) is 12.5. The zero-order chi connectivity index (χ0) is 27.9. The minimum absolute atomic E-state index is 0. The second-order valence-electron chi connectivity index (χ2n) is 10.3. The fourth-order valence-corrected chi connectivity index (χ4v) is 5.61. The van der Waals surface area contributed by atoms with Gasteiger partial charge in [-0.15, -0.1) is 76.9 Å². The van der Waals surface area contributed by atoms with Gasteiger partial charge in [0.15, 0.2) is 0 Å². The quantitative estimate of drug-likeness (QED) is 0.133. The van der Waals surface area contributed by atoms with Crippen LogP contribution >= 0.6 is 11.3 Å². The van der Waals surface area contributed by atoms with Gasteiger partial charge >= 0.3 is 0 Å². The zero-order valence-electron chi connectivity index (χ0n) is 24.0. The third kappa shape index (κ3) is 5.65. The standard InChI is InChI=1S/C24H20NS.C11H8N.Ir/c1-24(2,3)14-16-8-10-25-23-18-7-5-4-6-17(18)19-13-21-15(9-11-26-21)12-20(19)22(16)23;1-2-6-10(7-3-1)11-8-4-5-9-12-11;/h4-6,8-13H,14H2,1-3H3;1-6,8-9H;/q2*-1;/i14D2;;. The number of aromatic nitrogens is 2. The van der Waals surface area contributed by atoms with Gasteiger partial charge in [0, 0.05) is 39.9 Å². The summed E-state index contributed by atoms with van der Waals surface area (Å²) in [6.45, 7) is 5.85. The Morgan fingerprint density at radius 1 is 0.821 bits per heavy atom. The molecular formula is C35H28IrN2S-2. The molecular weight excluding hydrogens is 673 g/mol. The van der Waals surface area contributed by atoms with Crippen LogP contribution in [0.5, 0.6) is 0 Å². The van der Waals surface area contributed by atoms with Crippen molar-refractivity contribution in [3.8, 4) is 11.3 Å². The topological polar surface area (TPSA) is 25.8 Å². The molecule has 0 aliphatic rings. The number of rotatable bonds is 2. The largest absolute Gasteiger partial charge is 0.305 e. The molecule has 39 heavy (non-hydrogen) atoms. The maximum Gasteiger partial charge on any atom is 0.0341 e. The van der Waals surface area contributed by atoms with Crippen LogP contribution < -0.4 is 0 Å². The Labute approximate surface area is 249 Å². The number of hydrogen-bond donors (Lipinski definition) is 0. The van der Waals surface area contributed by atoms with E-state index in [0.717, 1.165) is 43.7 Å². The first-order valence-electron chi connectivity index (χ1n) is 13.7. The summed E-state index contributed by atoms with van der Waals surface area (Å²) in [5.74, 6) is 0. The van der Waals surface area contributed by atoms with Gasteiger partial charge in [-0.2, -0.15) is 0 Å².